The van der Waals surface area contributed by atoms with Gasteiger partial charge in [-0.2, -0.15) is 15.1 Å². The molecule has 7 heteroatoms. The smallest absolute Gasteiger partial charge is 0.226 e. The fourth-order valence-corrected chi connectivity index (χ4v) is 2.48. The van der Waals surface area contributed by atoms with Crippen molar-refractivity contribution in [1.82, 2.24) is 20.2 Å². The van der Waals surface area contributed by atoms with E-state index in [1.807, 2.05) is 0 Å². The Balaban J connectivity index is 1.73. The third-order valence-electron chi connectivity index (χ3n) is 3.74. The SMILES string of the molecule is CCCNc1nc(NCC2CCOCC2)c2cn[nH]c2n1. The first-order valence-corrected chi connectivity index (χ1v) is 7.63. The van der Waals surface area contributed by atoms with E-state index in [1.54, 1.807) is 6.20 Å². The molecule has 0 aliphatic carbocycles. The van der Waals surface area contributed by atoms with Gasteiger partial charge in [-0.15, -0.1) is 0 Å². The van der Waals surface area contributed by atoms with Crippen molar-refractivity contribution in [2.45, 2.75) is 26.2 Å². The molecule has 0 spiro atoms. The van der Waals surface area contributed by atoms with Crippen LogP contribution in [0.25, 0.3) is 11.0 Å². The molecule has 21 heavy (non-hydrogen) atoms. The summed E-state index contributed by atoms with van der Waals surface area (Å²) >= 11 is 0. The molecule has 0 amide bonds. The Labute approximate surface area is 123 Å². The highest BCUT2D eigenvalue weighted by Gasteiger charge is 2.15. The number of hydrogen-bond donors (Lipinski definition) is 3. The molecule has 0 atom stereocenters. The van der Waals surface area contributed by atoms with Crippen molar-refractivity contribution in [3.8, 4) is 0 Å². The first kappa shape index (κ1) is 14.1. The molecule has 0 unspecified atom stereocenters. The fraction of sp³-hybridized carbons (Fsp3) is 0.643. The number of aromatic nitrogens is 4. The summed E-state index contributed by atoms with van der Waals surface area (Å²) < 4.78 is 5.39. The minimum absolute atomic E-state index is 0.641. The van der Waals surface area contributed by atoms with Crippen LogP contribution in [-0.4, -0.2) is 46.5 Å². The van der Waals surface area contributed by atoms with E-state index >= 15 is 0 Å². The monoisotopic (exact) mass is 290 g/mol. The van der Waals surface area contributed by atoms with Gasteiger partial charge in [0.05, 0.1) is 11.6 Å². The van der Waals surface area contributed by atoms with Crippen molar-refractivity contribution in [1.29, 1.82) is 0 Å². The molecule has 3 rings (SSSR count). The number of aromatic amines is 1. The Bertz CT molecular complexity index is 578. The molecule has 114 valence electrons. The highest BCUT2D eigenvalue weighted by Crippen LogP contribution is 2.22. The summed E-state index contributed by atoms with van der Waals surface area (Å²) in [6.45, 7) is 5.61. The van der Waals surface area contributed by atoms with Crippen molar-refractivity contribution in [2.75, 3.05) is 36.9 Å². The van der Waals surface area contributed by atoms with Gasteiger partial charge in [-0.1, -0.05) is 6.92 Å². The molecule has 0 bridgehead atoms. The Hall–Kier alpha value is -1.89. The van der Waals surface area contributed by atoms with Gasteiger partial charge in [-0.25, -0.2) is 0 Å². The maximum atomic E-state index is 5.39. The van der Waals surface area contributed by atoms with Crippen molar-refractivity contribution < 1.29 is 4.74 Å². The Kier molecular flexibility index (Phi) is 4.49. The zero-order valence-corrected chi connectivity index (χ0v) is 12.4. The van der Waals surface area contributed by atoms with Crippen LogP contribution in [0.5, 0.6) is 0 Å². The van der Waals surface area contributed by atoms with Gasteiger partial charge < -0.3 is 15.4 Å². The van der Waals surface area contributed by atoms with Crippen LogP contribution in [0.2, 0.25) is 0 Å². The number of ether oxygens (including phenoxy) is 1. The van der Waals surface area contributed by atoms with Crippen LogP contribution in [0.4, 0.5) is 11.8 Å². The van der Waals surface area contributed by atoms with Crippen LogP contribution in [0.3, 0.4) is 0 Å². The predicted octanol–water partition coefficient (Wildman–Crippen LogP) is 2.01. The highest BCUT2D eigenvalue weighted by molar-refractivity contribution is 5.86. The van der Waals surface area contributed by atoms with E-state index < -0.39 is 0 Å². The van der Waals surface area contributed by atoms with E-state index in [2.05, 4.69) is 37.7 Å². The fourth-order valence-electron chi connectivity index (χ4n) is 2.48. The minimum atomic E-state index is 0.641. The van der Waals surface area contributed by atoms with E-state index in [4.69, 9.17) is 4.74 Å². The maximum absolute atomic E-state index is 5.39. The third-order valence-corrected chi connectivity index (χ3v) is 3.74. The number of anilines is 2. The van der Waals surface area contributed by atoms with Crippen molar-refractivity contribution in [2.24, 2.45) is 5.92 Å². The van der Waals surface area contributed by atoms with Gasteiger partial charge in [0.15, 0.2) is 5.65 Å². The van der Waals surface area contributed by atoms with E-state index in [9.17, 15) is 0 Å². The lowest BCUT2D eigenvalue weighted by molar-refractivity contribution is 0.0699. The second-order valence-electron chi connectivity index (χ2n) is 5.39. The van der Waals surface area contributed by atoms with Gasteiger partial charge in [0.2, 0.25) is 5.95 Å². The van der Waals surface area contributed by atoms with Gasteiger partial charge in [0.1, 0.15) is 5.82 Å². The van der Waals surface area contributed by atoms with Crippen LogP contribution in [0.15, 0.2) is 6.20 Å². The number of nitrogens with one attached hydrogen (secondary N) is 3. The molecule has 1 aliphatic rings. The third kappa shape index (κ3) is 3.41. The molecule has 7 nitrogen and oxygen atoms in total. The van der Waals surface area contributed by atoms with Crippen LogP contribution in [0, 0.1) is 5.92 Å². The van der Waals surface area contributed by atoms with Crippen LogP contribution in [0.1, 0.15) is 26.2 Å². The molecular formula is C14H22N6O. The van der Waals surface area contributed by atoms with Gasteiger partial charge in [-0.05, 0) is 25.2 Å². The Morgan fingerprint density at radius 3 is 2.95 bits per heavy atom. The quantitative estimate of drug-likeness (QED) is 0.754. The van der Waals surface area contributed by atoms with Gasteiger partial charge in [0, 0.05) is 26.3 Å². The number of H-pyrrole nitrogens is 1. The summed E-state index contributed by atoms with van der Waals surface area (Å²) in [7, 11) is 0. The average Bonchev–Trinajstić information content (AvgIpc) is 3.00. The number of nitrogens with zero attached hydrogens (tertiary/aromatic N) is 3. The molecule has 0 radical (unpaired) electrons. The molecule has 2 aromatic rings. The molecule has 2 aromatic heterocycles. The summed E-state index contributed by atoms with van der Waals surface area (Å²) in [4.78, 5) is 9.00. The molecule has 0 aromatic carbocycles. The zero-order valence-electron chi connectivity index (χ0n) is 12.4. The van der Waals surface area contributed by atoms with Crippen LogP contribution >= 0.6 is 0 Å². The predicted molar refractivity (Wildman–Crippen MR) is 82.5 cm³/mol. The van der Waals surface area contributed by atoms with Gasteiger partial charge in [0.25, 0.3) is 0 Å². The topological polar surface area (TPSA) is 87.8 Å². The Morgan fingerprint density at radius 1 is 1.29 bits per heavy atom. The number of fused-ring (bicyclic) bond motifs is 1. The molecule has 1 saturated heterocycles. The molecule has 3 heterocycles. The second kappa shape index (κ2) is 6.71. The zero-order chi connectivity index (χ0) is 14.5. The van der Waals surface area contributed by atoms with Crippen molar-refractivity contribution in [3.05, 3.63) is 6.20 Å². The average molecular weight is 290 g/mol. The summed E-state index contributed by atoms with van der Waals surface area (Å²) in [5.74, 6) is 2.13. The first-order valence-electron chi connectivity index (χ1n) is 7.63. The van der Waals surface area contributed by atoms with Crippen molar-refractivity contribution >= 4 is 22.8 Å². The van der Waals surface area contributed by atoms with E-state index in [-0.39, 0.29) is 0 Å². The van der Waals surface area contributed by atoms with Crippen LogP contribution < -0.4 is 10.6 Å². The van der Waals surface area contributed by atoms with Crippen molar-refractivity contribution in [3.63, 3.8) is 0 Å². The molecule has 1 aliphatic heterocycles. The lowest BCUT2D eigenvalue weighted by atomic mass is 10.0. The lowest BCUT2D eigenvalue weighted by Crippen LogP contribution is -2.23. The largest absolute Gasteiger partial charge is 0.381 e. The molecule has 1 fully saturated rings. The van der Waals surface area contributed by atoms with E-state index in [1.165, 1.54) is 0 Å². The summed E-state index contributed by atoms with van der Waals surface area (Å²) in [5.41, 5.74) is 0.762. The van der Waals surface area contributed by atoms with E-state index in [0.29, 0.717) is 11.9 Å². The second-order valence-corrected chi connectivity index (χ2v) is 5.39. The summed E-state index contributed by atoms with van der Waals surface area (Å²) in [6.07, 6.45) is 5.02. The Morgan fingerprint density at radius 2 is 2.14 bits per heavy atom. The summed E-state index contributed by atoms with van der Waals surface area (Å²) in [5, 5.41) is 14.6. The normalized spacial score (nSPS) is 16.2. The first-order chi connectivity index (χ1) is 10.4. The molecule has 0 saturated carbocycles. The maximum Gasteiger partial charge on any atom is 0.226 e. The summed E-state index contributed by atoms with van der Waals surface area (Å²) in [6, 6.07) is 0. The van der Waals surface area contributed by atoms with E-state index in [0.717, 1.165) is 62.4 Å². The number of rotatable bonds is 6. The van der Waals surface area contributed by atoms with Crippen LogP contribution in [-0.2, 0) is 4.74 Å². The number of hydrogen-bond acceptors (Lipinski definition) is 6. The lowest BCUT2D eigenvalue weighted by Gasteiger charge is -2.22. The molecule has 3 N–H and O–H groups in total. The van der Waals surface area contributed by atoms with Gasteiger partial charge in [-0.3, -0.25) is 5.10 Å². The minimum Gasteiger partial charge on any atom is -0.381 e. The standard InChI is InChI=1S/C14H22N6O/c1-2-5-15-14-18-12(11-9-17-20-13(11)19-14)16-8-10-3-6-21-7-4-10/h9-10H,2-8H2,1H3,(H3,15,16,17,18,19,20). The highest BCUT2D eigenvalue weighted by atomic mass is 16.5. The van der Waals surface area contributed by atoms with Gasteiger partial charge >= 0.3 is 0 Å². The molecular weight excluding hydrogens is 268 g/mol.